The number of ketones is 2. The quantitative estimate of drug-likeness (QED) is 0.272. The van der Waals surface area contributed by atoms with Gasteiger partial charge in [-0.2, -0.15) is 0 Å². The van der Waals surface area contributed by atoms with E-state index < -0.39 is 15.8 Å². The summed E-state index contributed by atoms with van der Waals surface area (Å²) in [5.41, 5.74) is 0.970. The summed E-state index contributed by atoms with van der Waals surface area (Å²) in [4.78, 5) is 46.8. The third kappa shape index (κ3) is 5.20. The molecule has 0 saturated carbocycles. The molecule has 0 unspecified atom stereocenters. The van der Waals surface area contributed by atoms with Crippen LogP contribution >= 0.6 is 11.5 Å². The lowest BCUT2D eigenvalue weighted by Gasteiger charge is -2.14. The fourth-order valence-electron chi connectivity index (χ4n) is 3.09. The molecule has 0 radical (unpaired) electrons. The molecule has 0 fully saturated rings. The van der Waals surface area contributed by atoms with Gasteiger partial charge in [-0.05, 0) is 42.7 Å². The van der Waals surface area contributed by atoms with Gasteiger partial charge in [0.05, 0.1) is 20.4 Å². The van der Waals surface area contributed by atoms with Crippen molar-refractivity contribution < 1.29 is 19.4 Å². The van der Waals surface area contributed by atoms with Crippen LogP contribution in [-0.4, -0.2) is 31.0 Å². The lowest BCUT2D eigenvalue weighted by Crippen LogP contribution is -2.13. The predicted molar refractivity (Wildman–Crippen MR) is 111 cm³/mol. The third-order valence-corrected chi connectivity index (χ3v) is 5.71. The first-order chi connectivity index (χ1) is 14.8. The largest absolute Gasteiger partial charge is 0.294 e. The van der Waals surface area contributed by atoms with Crippen LogP contribution < -0.4 is 0 Å². The summed E-state index contributed by atoms with van der Waals surface area (Å²) in [5.74, 6) is -1.04. The Morgan fingerprint density at radius 3 is 1.61 bits per heavy atom. The van der Waals surface area contributed by atoms with Crippen molar-refractivity contribution in [3.63, 3.8) is 0 Å². The summed E-state index contributed by atoms with van der Waals surface area (Å²) < 4.78 is 3.88. The minimum absolute atomic E-state index is 0.0127. The number of non-ortho nitro benzene ring substituents is 2. The minimum atomic E-state index is -0.549. The zero-order valence-electron chi connectivity index (χ0n) is 16.3. The van der Waals surface area contributed by atoms with Gasteiger partial charge >= 0.3 is 0 Å². The number of nitro groups is 2. The Morgan fingerprint density at radius 2 is 1.29 bits per heavy atom. The Kier molecular flexibility index (Phi) is 6.55. The maximum absolute atomic E-state index is 12.8. The molecule has 31 heavy (non-hydrogen) atoms. The van der Waals surface area contributed by atoms with Gasteiger partial charge in [0.2, 0.25) is 0 Å². The third-order valence-electron chi connectivity index (χ3n) is 4.72. The minimum Gasteiger partial charge on any atom is -0.294 e. The Bertz CT molecular complexity index is 1070. The van der Waals surface area contributed by atoms with Crippen molar-refractivity contribution in [2.75, 3.05) is 0 Å². The second-order valence-electron chi connectivity index (χ2n) is 6.78. The summed E-state index contributed by atoms with van der Waals surface area (Å²) in [7, 11) is 0. The van der Waals surface area contributed by atoms with Gasteiger partial charge in [-0.15, -0.1) is 5.10 Å². The van der Waals surface area contributed by atoms with E-state index in [-0.39, 0.29) is 35.8 Å². The van der Waals surface area contributed by atoms with E-state index in [0.29, 0.717) is 21.7 Å². The number of hydrogen-bond acceptors (Lipinski definition) is 9. The molecule has 10 nitrogen and oxygen atoms in total. The smallest absolute Gasteiger partial charge is 0.269 e. The molecular weight excluding hydrogens is 424 g/mol. The molecule has 0 bridgehead atoms. The molecule has 0 aliphatic rings. The van der Waals surface area contributed by atoms with E-state index in [1.165, 1.54) is 48.5 Å². The van der Waals surface area contributed by atoms with Gasteiger partial charge in [0.15, 0.2) is 11.6 Å². The normalized spacial score (nSPS) is 10.8. The van der Waals surface area contributed by atoms with Gasteiger partial charge in [-0.3, -0.25) is 29.8 Å². The van der Waals surface area contributed by atoms with Crippen molar-refractivity contribution in [1.29, 1.82) is 0 Å². The molecule has 158 valence electrons. The predicted octanol–water partition coefficient (Wildman–Crippen LogP) is 4.29. The molecule has 0 aliphatic heterocycles. The molecule has 11 heteroatoms. The number of carbonyl (C=O) groups is 2. The van der Waals surface area contributed by atoms with Crippen LogP contribution in [0.1, 0.15) is 50.0 Å². The number of hydrogen-bond donors (Lipinski definition) is 0. The first kappa shape index (κ1) is 21.8. The average molecular weight is 440 g/mol. The molecule has 0 saturated heterocycles. The van der Waals surface area contributed by atoms with Crippen molar-refractivity contribution in [3.8, 4) is 0 Å². The first-order valence-electron chi connectivity index (χ1n) is 9.10. The Hall–Kier alpha value is -3.86. The van der Waals surface area contributed by atoms with Gasteiger partial charge in [0, 0.05) is 54.2 Å². The molecular formula is C20H16N4O6S. The number of carbonyl (C=O) groups excluding carboxylic acids is 2. The Labute approximate surface area is 180 Å². The number of aromatic nitrogens is 2. The SMILES string of the molecule is Cc1nnsc1C(CC(=O)c1ccc([N+](=O)[O-])cc1)CC(=O)c1ccc([N+](=O)[O-])cc1. The molecule has 2 aromatic carbocycles. The summed E-state index contributed by atoms with van der Waals surface area (Å²) in [6.45, 7) is 1.73. The number of aryl methyl sites for hydroxylation is 1. The molecule has 1 aromatic heterocycles. The van der Waals surface area contributed by atoms with Crippen LogP contribution in [-0.2, 0) is 0 Å². The maximum Gasteiger partial charge on any atom is 0.269 e. The van der Waals surface area contributed by atoms with Crippen molar-refractivity contribution >= 4 is 34.5 Å². The highest BCUT2D eigenvalue weighted by molar-refractivity contribution is 7.05. The molecule has 1 heterocycles. The number of nitro benzene ring substituents is 2. The Balaban J connectivity index is 1.81. The number of benzene rings is 2. The lowest BCUT2D eigenvalue weighted by atomic mass is 9.90. The highest BCUT2D eigenvalue weighted by atomic mass is 32.1. The van der Waals surface area contributed by atoms with Gasteiger partial charge < -0.3 is 0 Å². The second-order valence-corrected chi connectivity index (χ2v) is 7.57. The van der Waals surface area contributed by atoms with Crippen molar-refractivity contribution in [3.05, 3.63) is 90.5 Å². The van der Waals surface area contributed by atoms with E-state index in [2.05, 4.69) is 9.59 Å². The highest BCUT2D eigenvalue weighted by Gasteiger charge is 2.25. The molecule has 0 spiro atoms. The fourth-order valence-corrected chi connectivity index (χ4v) is 3.83. The van der Waals surface area contributed by atoms with Crippen molar-refractivity contribution in [1.82, 2.24) is 9.59 Å². The van der Waals surface area contributed by atoms with Crippen LogP contribution in [0.3, 0.4) is 0 Å². The van der Waals surface area contributed by atoms with E-state index in [9.17, 15) is 29.8 Å². The summed E-state index contributed by atoms with van der Waals surface area (Å²) >= 11 is 1.10. The number of rotatable bonds is 9. The molecule has 3 aromatic rings. The fraction of sp³-hybridized carbons (Fsp3) is 0.200. The zero-order valence-corrected chi connectivity index (χ0v) is 17.1. The molecule has 3 rings (SSSR count). The summed E-state index contributed by atoms with van der Waals surface area (Å²) in [6.07, 6.45) is -0.0253. The zero-order chi connectivity index (χ0) is 22.5. The topological polar surface area (TPSA) is 146 Å². The molecule has 0 N–H and O–H groups in total. The number of Topliss-reactive ketones (excluding diaryl/α,β-unsaturated/α-hetero) is 2. The van der Waals surface area contributed by atoms with E-state index in [4.69, 9.17) is 0 Å². The van der Waals surface area contributed by atoms with Gasteiger partial charge in [-0.1, -0.05) is 4.49 Å². The van der Waals surface area contributed by atoms with Gasteiger partial charge in [0.1, 0.15) is 0 Å². The lowest BCUT2D eigenvalue weighted by molar-refractivity contribution is -0.385. The van der Waals surface area contributed by atoms with Crippen LogP contribution in [0.15, 0.2) is 48.5 Å². The van der Waals surface area contributed by atoms with E-state index in [1.54, 1.807) is 6.92 Å². The van der Waals surface area contributed by atoms with Crippen LogP contribution in [0.2, 0.25) is 0 Å². The monoisotopic (exact) mass is 440 g/mol. The molecule has 0 amide bonds. The standard InChI is InChI=1S/C20H16N4O6S/c1-12-20(31-22-21-12)15(10-18(25)13-2-6-16(7-3-13)23(27)28)11-19(26)14-4-8-17(9-5-14)24(29)30/h2-9,15H,10-11H2,1H3. The molecule has 0 aliphatic carbocycles. The van der Waals surface area contributed by atoms with Crippen molar-refractivity contribution in [2.24, 2.45) is 0 Å². The highest BCUT2D eigenvalue weighted by Crippen LogP contribution is 2.31. The van der Waals surface area contributed by atoms with Crippen LogP contribution in [0.4, 0.5) is 11.4 Å². The van der Waals surface area contributed by atoms with E-state index in [0.717, 1.165) is 11.5 Å². The van der Waals surface area contributed by atoms with Crippen LogP contribution in [0.5, 0.6) is 0 Å². The van der Waals surface area contributed by atoms with E-state index in [1.807, 2.05) is 0 Å². The Morgan fingerprint density at radius 1 is 0.871 bits per heavy atom. The number of nitrogens with zero attached hydrogens (tertiary/aromatic N) is 4. The first-order valence-corrected chi connectivity index (χ1v) is 9.87. The van der Waals surface area contributed by atoms with Gasteiger partial charge in [0.25, 0.3) is 11.4 Å². The maximum atomic E-state index is 12.8. The van der Waals surface area contributed by atoms with Crippen molar-refractivity contribution in [2.45, 2.75) is 25.7 Å². The summed E-state index contributed by atoms with van der Waals surface area (Å²) in [5, 5.41) is 25.6. The van der Waals surface area contributed by atoms with Gasteiger partial charge in [-0.25, -0.2) is 0 Å². The van der Waals surface area contributed by atoms with E-state index >= 15 is 0 Å². The van der Waals surface area contributed by atoms with Crippen LogP contribution in [0, 0.1) is 27.2 Å². The van der Waals surface area contributed by atoms with Crippen LogP contribution in [0.25, 0.3) is 0 Å². The summed E-state index contributed by atoms with van der Waals surface area (Å²) in [6, 6.07) is 10.5. The average Bonchev–Trinajstić information content (AvgIpc) is 3.19. The molecule has 0 atom stereocenters. The second kappa shape index (κ2) is 9.30.